The second-order valence-electron chi connectivity index (χ2n) is 8.25. The van der Waals surface area contributed by atoms with E-state index in [1.54, 1.807) is 6.33 Å². The van der Waals surface area contributed by atoms with Crippen LogP contribution in [-0.2, 0) is 4.74 Å². The lowest BCUT2D eigenvalue weighted by molar-refractivity contribution is -0.00535. The first-order valence-electron chi connectivity index (χ1n) is 10.3. The third kappa shape index (κ3) is 2.86. The molecule has 2 aliphatic rings. The normalized spacial score (nSPS) is 22.3. The lowest BCUT2D eigenvalue weighted by Crippen LogP contribution is -2.46. The molecule has 6 rings (SSSR count). The van der Waals surface area contributed by atoms with E-state index in [-0.39, 0.29) is 12.2 Å². The average Bonchev–Trinajstić information content (AvgIpc) is 3.29. The van der Waals surface area contributed by atoms with Crippen LogP contribution in [0.1, 0.15) is 38.4 Å². The molecule has 1 aliphatic heterocycles. The smallest absolute Gasteiger partial charge is 0.280 e. The first-order chi connectivity index (χ1) is 14.6. The van der Waals surface area contributed by atoms with Gasteiger partial charge in [0.1, 0.15) is 12.1 Å². The van der Waals surface area contributed by atoms with E-state index in [2.05, 4.69) is 33.9 Å². The molecule has 1 aromatic carbocycles. The highest BCUT2D eigenvalue weighted by Crippen LogP contribution is 2.40. The zero-order chi connectivity index (χ0) is 20.4. The van der Waals surface area contributed by atoms with Crippen LogP contribution in [0.5, 0.6) is 0 Å². The van der Waals surface area contributed by atoms with Crippen LogP contribution in [0.25, 0.3) is 28.1 Å². The molecule has 0 spiro atoms. The number of rotatable bonds is 3. The van der Waals surface area contributed by atoms with Crippen molar-refractivity contribution in [2.24, 2.45) is 0 Å². The fourth-order valence-corrected chi connectivity index (χ4v) is 4.54. The molecular formula is C21H21ClN6O2. The van der Waals surface area contributed by atoms with E-state index in [9.17, 15) is 0 Å². The second-order valence-corrected chi connectivity index (χ2v) is 8.66. The Morgan fingerprint density at radius 2 is 1.90 bits per heavy atom. The predicted octanol–water partition coefficient (Wildman–Crippen LogP) is 4.08. The maximum atomic E-state index is 6.65. The van der Waals surface area contributed by atoms with Gasteiger partial charge >= 0.3 is 0 Å². The van der Waals surface area contributed by atoms with Gasteiger partial charge in [-0.15, -0.1) is 0 Å². The van der Waals surface area contributed by atoms with Crippen molar-refractivity contribution in [2.75, 3.05) is 18.0 Å². The van der Waals surface area contributed by atoms with Gasteiger partial charge in [0.15, 0.2) is 17.2 Å². The SMILES string of the molecule is C[C@@H]1CN(c2nc3c(-c4nc(C5CC5)no4)ncn3c3cccc(Cl)c23)C[C@H](C)O1. The van der Waals surface area contributed by atoms with Crippen LogP contribution in [0.15, 0.2) is 29.0 Å². The fraction of sp³-hybridized carbons (Fsp3) is 0.429. The Balaban J connectivity index is 1.57. The molecule has 154 valence electrons. The summed E-state index contributed by atoms with van der Waals surface area (Å²) in [4.78, 5) is 16.4. The van der Waals surface area contributed by atoms with Crippen molar-refractivity contribution in [3.05, 3.63) is 35.4 Å². The maximum absolute atomic E-state index is 6.65. The molecule has 9 heteroatoms. The van der Waals surface area contributed by atoms with E-state index in [1.165, 1.54) is 0 Å². The number of nitrogens with zero attached hydrogens (tertiary/aromatic N) is 6. The van der Waals surface area contributed by atoms with Gasteiger partial charge in [-0.25, -0.2) is 9.97 Å². The van der Waals surface area contributed by atoms with Crippen molar-refractivity contribution < 1.29 is 9.26 Å². The van der Waals surface area contributed by atoms with Gasteiger partial charge in [-0.1, -0.05) is 22.8 Å². The molecule has 1 saturated carbocycles. The first-order valence-corrected chi connectivity index (χ1v) is 10.7. The lowest BCUT2D eigenvalue weighted by atomic mass is 10.1. The molecule has 2 fully saturated rings. The first kappa shape index (κ1) is 18.1. The van der Waals surface area contributed by atoms with Crippen LogP contribution in [0, 0.1) is 0 Å². The third-order valence-electron chi connectivity index (χ3n) is 5.73. The van der Waals surface area contributed by atoms with Gasteiger partial charge in [0.25, 0.3) is 5.89 Å². The van der Waals surface area contributed by atoms with Gasteiger partial charge in [-0.3, -0.25) is 4.40 Å². The summed E-state index contributed by atoms with van der Waals surface area (Å²) in [5.41, 5.74) is 2.21. The minimum absolute atomic E-state index is 0.103. The number of halogens is 1. The van der Waals surface area contributed by atoms with E-state index >= 15 is 0 Å². The third-order valence-corrected chi connectivity index (χ3v) is 6.05. The van der Waals surface area contributed by atoms with Crippen molar-refractivity contribution in [2.45, 2.75) is 44.8 Å². The number of imidazole rings is 1. The van der Waals surface area contributed by atoms with Crippen LogP contribution < -0.4 is 4.90 Å². The molecule has 4 heterocycles. The van der Waals surface area contributed by atoms with Gasteiger partial charge in [0.05, 0.1) is 28.1 Å². The highest BCUT2D eigenvalue weighted by molar-refractivity contribution is 6.36. The van der Waals surface area contributed by atoms with Crippen LogP contribution in [-0.4, -0.2) is 49.8 Å². The minimum atomic E-state index is 0.103. The Bertz CT molecular complexity index is 1250. The van der Waals surface area contributed by atoms with Crippen molar-refractivity contribution in [1.29, 1.82) is 0 Å². The molecule has 1 saturated heterocycles. The van der Waals surface area contributed by atoms with Gasteiger partial charge in [-0.2, -0.15) is 4.98 Å². The summed E-state index contributed by atoms with van der Waals surface area (Å²) >= 11 is 6.65. The summed E-state index contributed by atoms with van der Waals surface area (Å²) in [6.07, 6.45) is 4.17. The van der Waals surface area contributed by atoms with Gasteiger partial charge < -0.3 is 14.2 Å². The molecule has 0 amide bonds. The molecule has 0 N–H and O–H groups in total. The molecule has 30 heavy (non-hydrogen) atoms. The quantitative estimate of drug-likeness (QED) is 0.490. The number of fused-ring (bicyclic) bond motifs is 3. The summed E-state index contributed by atoms with van der Waals surface area (Å²) in [6.45, 7) is 5.63. The summed E-state index contributed by atoms with van der Waals surface area (Å²) in [5.74, 6) is 2.40. The highest BCUT2D eigenvalue weighted by atomic mass is 35.5. The van der Waals surface area contributed by atoms with E-state index in [0.717, 1.165) is 48.5 Å². The summed E-state index contributed by atoms with van der Waals surface area (Å²) in [7, 11) is 0. The topological polar surface area (TPSA) is 81.6 Å². The van der Waals surface area contributed by atoms with E-state index < -0.39 is 0 Å². The standard InChI is InChI=1S/C21H21ClN6O2/c1-11-8-27(9-12(2)29-11)19-16-14(22)4-3-5-15(16)28-10-23-17(20(28)25-19)21-24-18(26-30-21)13-6-7-13/h3-5,10-13H,6-9H2,1-2H3/t11-,12+. The zero-order valence-corrected chi connectivity index (χ0v) is 17.5. The number of hydrogen-bond donors (Lipinski definition) is 0. The molecule has 8 nitrogen and oxygen atoms in total. The van der Waals surface area contributed by atoms with Crippen molar-refractivity contribution >= 4 is 34.0 Å². The number of morpholine rings is 1. The zero-order valence-electron chi connectivity index (χ0n) is 16.7. The Morgan fingerprint density at radius 3 is 2.67 bits per heavy atom. The Hall–Kier alpha value is -2.71. The number of aromatic nitrogens is 5. The van der Waals surface area contributed by atoms with Gasteiger partial charge in [-0.05, 0) is 38.8 Å². The predicted molar refractivity (Wildman–Crippen MR) is 113 cm³/mol. The van der Waals surface area contributed by atoms with Crippen molar-refractivity contribution in [3.63, 3.8) is 0 Å². The van der Waals surface area contributed by atoms with E-state index in [0.29, 0.717) is 28.2 Å². The summed E-state index contributed by atoms with van der Waals surface area (Å²) in [6, 6.07) is 5.86. The molecule has 2 atom stereocenters. The molecule has 1 aliphatic carbocycles. The molecule has 4 aromatic rings. The number of ether oxygens (including phenoxy) is 1. The second kappa shape index (κ2) is 6.65. The Labute approximate surface area is 177 Å². The minimum Gasteiger partial charge on any atom is -0.372 e. The summed E-state index contributed by atoms with van der Waals surface area (Å²) in [5, 5.41) is 5.70. The highest BCUT2D eigenvalue weighted by Gasteiger charge is 2.31. The van der Waals surface area contributed by atoms with Crippen LogP contribution in [0.4, 0.5) is 5.82 Å². The molecule has 0 bridgehead atoms. The Kier molecular flexibility index (Phi) is 4.01. The number of benzene rings is 1. The van der Waals surface area contributed by atoms with Gasteiger partial charge in [0, 0.05) is 19.0 Å². The van der Waals surface area contributed by atoms with Gasteiger partial charge in [0.2, 0.25) is 0 Å². The molecule has 0 radical (unpaired) electrons. The fourth-order valence-electron chi connectivity index (χ4n) is 4.29. The van der Waals surface area contributed by atoms with Crippen molar-refractivity contribution in [3.8, 4) is 11.6 Å². The largest absolute Gasteiger partial charge is 0.372 e. The number of anilines is 1. The van der Waals surface area contributed by atoms with E-state index in [1.807, 2.05) is 22.6 Å². The molecule has 3 aromatic heterocycles. The van der Waals surface area contributed by atoms with Crippen LogP contribution >= 0.6 is 11.6 Å². The van der Waals surface area contributed by atoms with Crippen LogP contribution in [0.2, 0.25) is 5.02 Å². The molecule has 0 unspecified atom stereocenters. The lowest BCUT2D eigenvalue weighted by Gasteiger charge is -2.36. The average molecular weight is 425 g/mol. The maximum Gasteiger partial charge on any atom is 0.280 e. The van der Waals surface area contributed by atoms with Crippen LogP contribution in [0.3, 0.4) is 0 Å². The molecular weight excluding hydrogens is 404 g/mol. The number of hydrogen-bond acceptors (Lipinski definition) is 7. The van der Waals surface area contributed by atoms with E-state index in [4.69, 9.17) is 25.8 Å². The monoisotopic (exact) mass is 424 g/mol. The summed E-state index contributed by atoms with van der Waals surface area (Å²) < 4.78 is 13.4. The Morgan fingerprint density at radius 1 is 1.10 bits per heavy atom. The van der Waals surface area contributed by atoms with Crippen molar-refractivity contribution in [1.82, 2.24) is 24.5 Å².